The van der Waals surface area contributed by atoms with E-state index in [1.807, 2.05) is 11.8 Å². The molecule has 0 aromatic heterocycles. The van der Waals surface area contributed by atoms with Crippen LogP contribution in [-0.2, 0) is 0 Å². The van der Waals surface area contributed by atoms with Gasteiger partial charge in [0.2, 0.25) is 0 Å². The number of urea groups is 1. The first kappa shape index (κ1) is 11.3. The highest BCUT2D eigenvalue weighted by molar-refractivity contribution is 5.74. The van der Waals surface area contributed by atoms with Crippen molar-refractivity contribution in [3.05, 3.63) is 0 Å². The van der Waals surface area contributed by atoms with E-state index >= 15 is 0 Å². The zero-order valence-corrected chi connectivity index (χ0v) is 8.91. The molecule has 1 aliphatic rings. The van der Waals surface area contributed by atoms with E-state index in [0.717, 1.165) is 38.9 Å². The van der Waals surface area contributed by atoms with Gasteiger partial charge >= 0.3 is 6.03 Å². The number of hydrogen-bond acceptors (Lipinski definition) is 2. The van der Waals surface area contributed by atoms with Crippen molar-refractivity contribution in [2.45, 2.75) is 26.2 Å². The molecule has 0 aromatic rings. The Hall–Kier alpha value is -0.770. The maximum Gasteiger partial charge on any atom is 0.320 e. The van der Waals surface area contributed by atoms with Gasteiger partial charge < -0.3 is 14.9 Å². The standard InChI is InChI=1S/C10H20N2O2/c1-2-5-11(8-9-13)10(14)12-6-3-4-7-12/h13H,2-9H2,1H3. The molecule has 1 heterocycles. The highest BCUT2D eigenvalue weighted by Gasteiger charge is 2.22. The number of aliphatic hydroxyl groups is 1. The van der Waals surface area contributed by atoms with Crippen LogP contribution in [0.25, 0.3) is 0 Å². The summed E-state index contributed by atoms with van der Waals surface area (Å²) in [6.45, 7) is 5.06. The second kappa shape index (κ2) is 5.86. The third-order valence-corrected chi connectivity index (χ3v) is 2.51. The van der Waals surface area contributed by atoms with Gasteiger partial charge in [0.1, 0.15) is 0 Å². The van der Waals surface area contributed by atoms with Crippen molar-refractivity contribution < 1.29 is 9.90 Å². The monoisotopic (exact) mass is 200 g/mol. The van der Waals surface area contributed by atoms with E-state index in [-0.39, 0.29) is 12.6 Å². The fraction of sp³-hybridized carbons (Fsp3) is 0.900. The van der Waals surface area contributed by atoms with E-state index in [2.05, 4.69) is 0 Å². The molecule has 0 aliphatic carbocycles. The molecule has 1 saturated heterocycles. The molecule has 1 N–H and O–H groups in total. The van der Waals surface area contributed by atoms with Crippen molar-refractivity contribution in [3.63, 3.8) is 0 Å². The molecule has 0 saturated carbocycles. The van der Waals surface area contributed by atoms with Gasteiger partial charge in [-0.2, -0.15) is 0 Å². The van der Waals surface area contributed by atoms with Gasteiger partial charge in [-0.15, -0.1) is 0 Å². The van der Waals surface area contributed by atoms with Crippen LogP contribution in [0.5, 0.6) is 0 Å². The quantitative estimate of drug-likeness (QED) is 0.733. The third-order valence-electron chi connectivity index (χ3n) is 2.51. The number of rotatable bonds is 4. The predicted molar refractivity (Wildman–Crippen MR) is 55.2 cm³/mol. The molecule has 0 atom stereocenters. The van der Waals surface area contributed by atoms with Gasteiger partial charge in [-0.25, -0.2) is 4.79 Å². The van der Waals surface area contributed by atoms with Crippen LogP contribution < -0.4 is 0 Å². The molecule has 4 nitrogen and oxygen atoms in total. The van der Waals surface area contributed by atoms with Gasteiger partial charge in [0.05, 0.1) is 6.61 Å². The summed E-state index contributed by atoms with van der Waals surface area (Å²) in [5.41, 5.74) is 0. The minimum Gasteiger partial charge on any atom is -0.395 e. The molecular formula is C10H20N2O2. The second-order valence-electron chi connectivity index (χ2n) is 3.69. The molecule has 2 amide bonds. The molecule has 0 bridgehead atoms. The summed E-state index contributed by atoms with van der Waals surface area (Å²) in [5, 5.41) is 8.84. The lowest BCUT2D eigenvalue weighted by Gasteiger charge is -2.26. The maximum atomic E-state index is 11.9. The number of aliphatic hydroxyl groups excluding tert-OH is 1. The Balaban J connectivity index is 2.43. The molecule has 14 heavy (non-hydrogen) atoms. The molecule has 1 rings (SSSR count). The topological polar surface area (TPSA) is 43.8 Å². The molecule has 0 radical (unpaired) electrons. The van der Waals surface area contributed by atoms with Crippen molar-refractivity contribution in [3.8, 4) is 0 Å². The van der Waals surface area contributed by atoms with Crippen LogP contribution in [0.2, 0.25) is 0 Å². The Bertz CT molecular complexity index is 173. The van der Waals surface area contributed by atoms with Crippen molar-refractivity contribution in [2.24, 2.45) is 0 Å². The van der Waals surface area contributed by atoms with E-state index in [0.29, 0.717) is 6.54 Å². The molecular weight excluding hydrogens is 180 g/mol. The van der Waals surface area contributed by atoms with E-state index in [9.17, 15) is 4.79 Å². The van der Waals surface area contributed by atoms with Crippen LogP contribution in [0.1, 0.15) is 26.2 Å². The minimum absolute atomic E-state index is 0.0551. The van der Waals surface area contributed by atoms with E-state index in [1.54, 1.807) is 4.90 Å². The Morgan fingerprint density at radius 1 is 1.36 bits per heavy atom. The lowest BCUT2D eigenvalue weighted by atomic mass is 10.4. The average Bonchev–Trinajstić information content (AvgIpc) is 2.69. The number of nitrogens with zero attached hydrogens (tertiary/aromatic N) is 2. The summed E-state index contributed by atoms with van der Waals surface area (Å²) in [5.74, 6) is 0. The highest BCUT2D eigenvalue weighted by Crippen LogP contribution is 2.10. The number of carbonyl (C=O) groups is 1. The Morgan fingerprint density at radius 2 is 2.00 bits per heavy atom. The van der Waals surface area contributed by atoms with Crippen molar-refractivity contribution in [1.29, 1.82) is 0 Å². The zero-order chi connectivity index (χ0) is 10.4. The first-order chi connectivity index (χ1) is 6.79. The number of hydrogen-bond donors (Lipinski definition) is 1. The summed E-state index contributed by atoms with van der Waals surface area (Å²) in [6, 6.07) is 0.0957. The van der Waals surface area contributed by atoms with Crippen LogP contribution >= 0.6 is 0 Å². The Labute approximate surface area is 85.5 Å². The van der Waals surface area contributed by atoms with Crippen LogP contribution in [0, 0.1) is 0 Å². The Kier molecular flexibility index (Phi) is 4.73. The van der Waals surface area contributed by atoms with Crippen molar-refractivity contribution >= 4 is 6.03 Å². The predicted octanol–water partition coefficient (Wildman–Crippen LogP) is 0.907. The van der Waals surface area contributed by atoms with Crippen LogP contribution in [0.15, 0.2) is 0 Å². The molecule has 0 spiro atoms. The van der Waals surface area contributed by atoms with Crippen LogP contribution in [0.4, 0.5) is 4.79 Å². The van der Waals surface area contributed by atoms with Crippen LogP contribution in [-0.4, -0.2) is 53.7 Å². The van der Waals surface area contributed by atoms with E-state index < -0.39 is 0 Å². The fourth-order valence-corrected chi connectivity index (χ4v) is 1.80. The fourth-order valence-electron chi connectivity index (χ4n) is 1.80. The number of likely N-dealkylation sites (tertiary alicyclic amines) is 1. The van der Waals surface area contributed by atoms with Gasteiger partial charge in [-0.05, 0) is 19.3 Å². The maximum absolute atomic E-state index is 11.9. The summed E-state index contributed by atoms with van der Waals surface area (Å²) >= 11 is 0. The van der Waals surface area contributed by atoms with Gasteiger partial charge in [0, 0.05) is 26.2 Å². The average molecular weight is 200 g/mol. The van der Waals surface area contributed by atoms with Gasteiger partial charge in [0.25, 0.3) is 0 Å². The number of amides is 2. The number of carbonyl (C=O) groups excluding carboxylic acids is 1. The first-order valence-corrected chi connectivity index (χ1v) is 5.44. The van der Waals surface area contributed by atoms with Gasteiger partial charge in [-0.1, -0.05) is 6.92 Å². The minimum atomic E-state index is 0.0551. The second-order valence-corrected chi connectivity index (χ2v) is 3.69. The first-order valence-electron chi connectivity index (χ1n) is 5.44. The summed E-state index contributed by atoms with van der Waals surface area (Å²) in [6.07, 6.45) is 3.18. The van der Waals surface area contributed by atoms with E-state index in [1.165, 1.54) is 0 Å². The largest absolute Gasteiger partial charge is 0.395 e. The third kappa shape index (κ3) is 2.87. The van der Waals surface area contributed by atoms with E-state index in [4.69, 9.17) is 5.11 Å². The van der Waals surface area contributed by atoms with Crippen molar-refractivity contribution in [2.75, 3.05) is 32.8 Å². The van der Waals surface area contributed by atoms with Crippen molar-refractivity contribution in [1.82, 2.24) is 9.80 Å². The summed E-state index contributed by atoms with van der Waals surface area (Å²) < 4.78 is 0. The van der Waals surface area contributed by atoms with Gasteiger partial charge in [0.15, 0.2) is 0 Å². The molecule has 0 aromatic carbocycles. The summed E-state index contributed by atoms with van der Waals surface area (Å²) in [7, 11) is 0. The zero-order valence-electron chi connectivity index (χ0n) is 8.91. The molecule has 1 fully saturated rings. The Morgan fingerprint density at radius 3 is 2.50 bits per heavy atom. The molecule has 82 valence electrons. The SMILES string of the molecule is CCCN(CCO)C(=O)N1CCCC1. The lowest BCUT2D eigenvalue weighted by molar-refractivity contribution is 0.148. The smallest absolute Gasteiger partial charge is 0.320 e. The lowest BCUT2D eigenvalue weighted by Crippen LogP contribution is -2.43. The van der Waals surface area contributed by atoms with Gasteiger partial charge in [-0.3, -0.25) is 0 Å². The normalized spacial score (nSPS) is 16.0. The molecule has 0 unspecified atom stereocenters. The molecule has 1 aliphatic heterocycles. The van der Waals surface area contributed by atoms with Crippen LogP contribution in [0.3, 0.4) is 0 Å². The highest BCUT2D eigenvalue weighted by atomic mass is 16.3. The summed E-state index contributed by atoms with van der Waals surface area (Å²) in [4.78, 5) is 15.5. The molecule has 4 heteroatoms.